The van der Waals surface area contributed by atoms with Crippen molar-refractivity contribution in [3.05, 3.63) is 15.6 Å². The van der Waals surface area contributed by atoms with E-state index in [2.05, 4.69) is 46.9 Å². The van der Waals surface area contributed by atoms with Gasteiger partial charge in [0.05, 0.1) is 16.8 Å². The van der Waals surface area contributed by atoms with E-state index in [1.807, 2.05) is 11.3 Å². The van der Waals surface area contributed by atoms with Crippen LogP contribution in [-0.2, 0) is 10.2 Å². The van der Waals surface area contributed by atoms with Gasteiger partial charge in [-0.25, -0.2) is 4.98 Å². The molecule has 3 nitrogen and oxygen atoms in total. The second kappa shape index (κ2) is 6.76. The molecule has 3 unspecified atom stereocenters. The SMILES string of the molecule is CCC1OCCC1CNC(C)c1sc(C(C)(C)C)nc1C. The van der Waals surface area contributed by atoms with E-state index in [0.717, 1.165) is 19.6 Å². The fraction of sp³-hybridized carbons (Fsp3) is 0.824. The Bertz CT molecular complexity index is 464. The minimum absolute atomic E-state index is 0.139. The topological polar surface area (TPSA) is 34.1 Å². The third-order valence-corrected chi connectivity index (χ3v) is 6.07. The average molecular weight is 311 g/mol. The summed E-state index contributed by atoms with van der Waals surface area (Å²) < 4.78 is 5.78. The van der Waals surface area contributed by atoms with E-state index < -0.39 is 0 Å². The Balaban J connectivity index is 1.97. The van der Waals surface area contributed by atoms with Gasteiger partial charge < -0.3 is 10.1 Å². The van der Waals surface area contributed by atoms with Crippen LogP contribution in [0.2, 0.25) is 0 Å². The second-order valence-electron chi connectivity index (χ2n) is 7.21. The number of nitrogens with one attached hydrogen (secondary N) is 1. The van der Waals surface area contributed by atoms with Gasteiger partial charge in [-0.1, -0.05) is 27.7 Å². The van der Waals surface area contributed by atoms with Crippen LogP contribution in [-0.4, -0.2) is 24.2 Å². The Hall–Kier alpha value is -0.450. The minimum Gasteiger partial charge on any atom is -0.378 e. The predicted molar refractivity (Wildman–Crippen MR) is 90.1 cm³/mol. The lowest BCUT2D eigenvalue weighted by Crippen LogP contribution is -2.30. The molecule has 0 aromatic carbocycles. The number of hydrogen-bond acceptors (Lipinski definition) is 4. The van der Waals surface area contributed by atoms with Crippen LogP contribution in [0.15, 0.2) is 0 Å². The molecule has 1 aromatic rings. The molecule has 0 saturated carbocycles. The molecule has 0 aliphatic carbocycles. The minimum atomic E-state index is 0.139. The predicted octanol–water partition coefficient (Wildman–Crippen LogP) is 4.21. The van der Waals surface area contributed by atoms with Crippen molar-refractivity contribution in [2.45, 2.75) is 71.9 Å². The van der Waals surface area contributed by atoms with E-state index in [-0.39, 0.29) is 5.41 Å². The summed E-state index contributed by atoms with van der Waals surface area (Å²) in [6, 6.07) is 0.372. The van der Waals surface area contributed by atoms with Crippen molar-refractivity contribution < 1.29 is 4.74 Å². The van der Waals surface area contributed by atoms with Crippen molar-refractivity contribution >= 4 is 11.3 Å². The van der Waals surface area contributed by atoms with E-state index >= 15 is 0 Å². The number of hydrogen-bond donors (Lipinski definition) is 1. The van der Waals surface area contributed by atoms with Gasteiger partial charge in [-0.05, 0) is 32.6 Å². The van der Waals surface area contributed by atoms with Gasteiger partial charge in [0.25, 0.3) is 0 Å². The smallest absolute Gasteiger partial charge is 0.0985 e. The quantitative estimate of drug-likeness (QED) is 0.884. The lowest BCUT2D eigenvalue weighted by atomic mass is 9.98. The summed E-state index contributed by atoms with van der Waals surface area (Å²) in [5, 5.41) is 4.94. The van der Waals surface area contributed by atoms with Gasteiger partial charge in [-0.3, -0.25) is 0 Å². The standard InChI is InChI=1S/C17H30N2OS/c1-7-14-13(8-9-20-14)10-18-11(2)15-12(3)19-16(21-15)17(4,5)6/h11,13-14,18H,7-10H2,1-6H3. The summed E-state index contributed by atoms with van der Waals surface area (Å²) >= 11 is 1.86. The molecule has 0 amide bonds. The van der Waals surface area contributed by atoms with Crippen LogP contribution < -0.4 is 5.32 Å². The van der Waals surface area contributed by atoms with E-state index in [9.17, 15) is 0 Å². The molecular formula is C17H30N2OS. The number of rotatable bonds is 5. The summed E-state index contributed by atoms with van der Waals surface area (Å²) in [7, 11) is 0. The second-order valence-corrected chi connectivity index (χ2v) is 8.25. The number of nitrogens with zero attached hydrogens (tertiary/aromatic N) is 1. The number of ether oxygens (including phenoxy) is 1. The van der Waals surface area contributed by atoms with E-state index in [1.54, 1.807) is 0 Å². The molecule has 21 heavy (non-hydrogen) atoms. The third kappa shape index (κ3) is 4.05. The number of thiazole rings is 1. The zero-order valence-electron chi connectivity index (χ0n) is 14.3. The van der Waals surface area contributed by atoms with Gasteiger partial charge in [0.15, 0.2) is 0 Å². The van der Waals surface area contributed by atoms with Gasteiger partial charge >= 0.3 is 0 Å². The molecule has 120 valence electrons. The van der Waals surface area contributed by atoms with Crippen LogP contribution in [0.4, 0.5) is 0 Å². The van der Waals surface area contributed by atoms with Crippen molar-refractivity contribution in [2.75, 3.05) is 13.2 Å². The summed E-state index contributed by atoms with van der Waals surface area (Å²) in [6.07, 6.45) is 2.75. The van der Waals surface area contributed by atoms with Gasteiger partial charge in [0, 0.05) is 29.5 Å². The molecule has 1 aliphatic heterocycles. The highest BCUT2D eigenvalue weighted by atomic mass is 32.1. The normalized spacial score (nSPS) is 24.5. The van der Waals surface area contributed by atoms with E-state index in [1.165, 1.54) is 22.0 Å². The first-order chi connectivity index (χ1) is 9.82. The molecule has 1 aliphatic rings. The van der Waals surface area contributed by atoms with Gasteiger partial charge in [-0.2, -0.15) is 0 Å². The van der Waals surface area contributed by atoms with Crippen molar-refractivity contribution in [1.82, 2.24) is 10.3 Å². The molecule has 1 N–H and O–H groups in total. The van der Waals surface area contributed by atoms with Crippen molar-refractivity contribution in [3.63, 3.8) is 0 Å². The monoisotopic (exact) mass is 310 g/mol. The summed E-state index contributed by atoms with van der Waals surface area (Å²) in [5.41, 5.74) is 1.32. The Morgan fingerprint density at radius 2 is 2.14 bits per heavy atom. The highest BCUT2D eigenvalue weighted by Crippen LogP contribution is 2.33. The Morgan fingerprint density at radius 3 is 2.71 bits per heavy atom. The average Bonchev–Trinajstić information content (AvgIpc) is 3.01. The van der Waals surface area contributed by atoms with Crippen LogP contribution >= 0.6 is 11.3 Å². The first kappa shape index (κ1) is 16.9. The van der Waals surface area contributed by atoms with Gasteiger partial charge in [-0.15, -0.1) is 11.3 Å². The molecule has 1 aromatic heterocycles. The third-order valence-electron chi connectivity index (χ3n) is 4.30. The largest absolute Gasteiger partial charge is 0.378 e. The fourth-order valence-electron chi connectivity index (χ4n) is 2.93. The lowest BCUT2D eigenvalue weighted by molar-refractivity contribution is 0.0867. The lowest BCUT2D eigenvalue weighted by Gasteiger charge is -2.20. The van der Waals surface area contributed by atoms with Crippen molar-refractivity contribution in [3.8, 4) is 0 Å². The summed E-state index contributed by atoms with van der Waals surface area (Å²) in [4.78, 5) is 6.15. The Morgan fingerprint density at radius 1 is 1.43 bits per heavy atom. The first-order valence-corrected chi connectivity index (χ1v) is 8.97. The Kier molecular flexibility index (Phi) is 5.44. The maximum Gasteiger partial charge on any atom is 0.0985 e. The maximum atomic E-state index is 5.78. The van der Waals surface area contributed by atoms with Crippen molar-refractivity contribution in [2.24, 2.45) is 5.92 Å². The van der Waals surface area contributed by atoms with E-state index in [4.69, 9.17) is 9.72 Å². The molecule has 0 radical (unpaired) electrons. The molecule has 4 heteroatoms. The summed E-state index contributed by atoms with van der Waals surface area (Å²) in [6.45, 7) is 15.3. The van der Waals surface area contributed by atoms with E-state index in [0.29, 0.717) is 18.1 Å². The number of aromatic nitrogens is 1. The highest BCUT2D eigenvalue weighted by Gasteiger charge is 2.27. The van der Waals surface area contributed by atoms with Crippen LogP contribution in [0.3, 0.4) is 0 Å². The number of aryl methyl sites for hydroxylation is 1. The highest BCUT2D eigenvalue weighted by molar-refractivity contribution is 7.12. The summed E-state index contributed by atoms with van der Waals surface area (Å²) in [5.74, 6) is 0.660. The molecule has 0 bridgehead atoms. The zero-order valence-corrected chi connectivity index (χ0v) is 15.1. The van der Waals surface area contributed by atoms with Gasteiger partial charge in [0.1, 0.15) is 0 Å². The van der Waals surface area contributed by atoms with Gasteiger partial charge in [0.2, 0.25) is 0 Å². The molecule has 2 rings (SSSR count). The molecule has 3 atom stereocenters. The zero-order chi connectivity index (χ0) is 15.6. The van der Waals surface area contributed by atoms with Crippen LogP contribution in [0.1, 0.15) is 69.1 Å². The molecule has 2 heterocycles. The Labute approximate surface area is 133 Å². The van der Waals surface area contributed by atoms with Crippen LogP contribution in [0.25, 0.3) is 0 Å². The molecule has 0 spiro atoms. The molecule has 1 saturated heterocycles. The van der Waals surface area contributed by atoms with Crippen LogP contribution in [0, 0.1) is 12.8 Å². The molecule has 1 fully saturated rings. The molecular weight excluding hydrogens is 280 g/mol. The van der Waals surface area contributed by atoms with Crippen LogP contribution in [0.5, 0.6) is 0 Å². The first-order valence-electron chi connectivity index (χ1n) is 8.15. The fourth-order valence-corrected chi connectivity index (χ4v) is 4.08. The maximum absolute atomic E-state index is 5.78. The van der Waals surface area contributed by atoms with Crippen molar-refractivity contribution in [1.29, 1.82) is 0 Å².